The van der Waals surface area contributed by atoms with Crippen molar-refractivity contribution in [2.75, 3.05) is 0 Å². The van der Waals surface area contributed by atoms with E-state index in [0.717, 1.165) is 40.4 Å². The van der Waals surface area contributed by atoms with E-state index < -0.39 is 0 Å². The highest BCUT2D eigenvalue weighted by Gasteiger charge is 2.20. The third-order valence-corrected chi connectivity index (χ3v) is 4.99. The van der Waals surface area contributed by atoms with Gasteiger partial charge in [-0.3, -0.25) is 4.98 Å². The first-order chi connectivity index (χ1) is 10.6. The first-order valence-electron chi connectivity index (χ1n) is 7.63. The van der Waals surface area contributed by atoms with Crippen LogP contribution in [-0.4, -0.2) is 27.4 Å². The third-order valence-electron chi connectivity index (χ3n) is 4.14. The van der Waals surface area contributed by atoms with Crippen LogP contribution in [-0.2, 0) is 0 Å². The van der Waals surface area contributed by atoms with Crippen molar-refractivity contribution in [3.05, 3.63) is 28.5 Å². The molecular formula is C16H19BN4S. The number of thiazole rings is 1. The standard InChI is InChI=1S/C16H19BN4S/c1-5-11(6-2)12-7-9(3)20-21-13(10(4)19-16(12)21)14-15(17)18-8-22-14/h7-8,11H,5-6H2,1-4H3. The lowest BCUT2D eigenvalue weighted by Crippen LogP contribution is -2.09. The molecule has 0 amide bonds. The maximum absolute atomic E-state index is 6.01. The second-order valence-electron chi connectivity index (χ2n) is 5.60. The van der Waals surface area contributed by atoms with Gasteiger partial charge in [0.15, 0.2) is 5.65 Å². The largest absolute Gasteiger partial charge is 0.261 e. The van der Waals surface area contributed by atoms with E-state index in [4.69, 9.17) is 12.8 Å². The number of fused-ring (bicyclic) bond motifs is 1. The Balaban J connectivity index is 2.33. The first-order valence-corrected chi connectivity index (χ1v) is 8.50. The zero-order valence-electron chi connectivity index (χ0n) is 13.4. The van der Waals surface area contributed by atoms with Crippen molar-refractivity contribution in [2.45, 2.75) is 46.5 Å². The molecule has 0 aliphatic heterocycles. The lowest BCUT2D eigenvalue weighted by molar-refractivity contribution is 0.638. The smallest absolute Gasteiger partial charge is 0.158 e. The molecule has 0 bridgehead atoms. The highest BCUT2D eigenvalue weighted by atomic mass is 32.1. The Morgan fingerprint density at radius 2 is 2.00 bits per heavy atom. The Labute approximate surface area is 136 Å². The van der Waals surface area contributed by atoms with Crippen LogP contribution in [0.1, 0.15) is 49.6 Å². The molecule has 22 heavy (non-hydrogen) atoms. The summed E-state index contributed by atoms with van der Waals surface area (Å²) in [5.74, 6) is 0.498. The summed E-state index contributed by atoms with van der Waals surface area (Å²) >= 11 is 1.53. The van der Waals surface area contributed by atoms with Crippen LogP contribution in [0.2, 0.25) is 0 Å². The van der Waals surface area contributed by atoms with Gasteiger partial charge in [0, 0.05) is 11.2 Å². The third kappa shape index (κ3) is 2.35. The van der Waals surface area contributed by atoms with Crippen LogP contribution < -0.4 is 5.59 Å². The minimum atomic E-state index is 0.498. The normalized spacial score (nSPS) is 11.7. The second-order valence-corrected chi connectivity index (χ2v) is 6.46. The zero-order chi connectivity index (χ0) is 15.9. The summed E-state index contributed by atoms with van der Waals surface area (Å²) < 4.78 is 1.95. The second kappa shape index (κ2) is 5.84. The summed E-state index contributed by atoms with van der Waals surface area (Å²) in [6.07, 6.45) is 2.19. The summed E-state index contributed by atoms with van der Waals surface area (Å²) in [5, 5.41) is 4.68. The number of imidazole rings is 1. The van der Waals surface area contributed by atoms with Crippen LogP contribution >= 0.6 is 11.3 Å². The van der Waals surface area contributed by atoms with E-state index in [2.05, 4.69) is 30.0 Å². The summed E-state index contributed by atoms with van der Waals surface area (Å²) in [6.45, 7) is 8.48. The molecule has 0 spiro atoms. The average Bonchev–Trinajstić information content (AvgIpc) is 3.03. The highest BCUT2D eigenvalue weighted by molar-refractivity contribution is 7.14. The molecule has 112 valence electrons. The van der Waals surface area contributed by atoms with Crippen molar-refractivity contribution in [3.8, 4) is 10.6 Å². The minimum absolute atomic E-state index is 0.498. The lowest BCUT2D eigenvalue weighted by atomic mass is 9.95. The van der Waals surface area contributed by atoms with Gasteiger partial charge in [0.1, 0.15) is 13.5 Å². The van der Waals surface area contributed by atoms with Gasteiger partial charge in [0.05, 0.1) is 21.8 Å². The molecule has 0 fully saturated rings. The molecule has 0 aliphatic carbocycles. The number of nitrogens with zero attached hydrogens (tertiary/aromatic N) is 4. The SMILES string of the molecule is [B]c1ncsc1-c1c(C)nc2c(C(CC)CC)cc(C)nn12. The van der Waals surface area contributed by atoms with Gasteiger partial charge in [-0.15, -0.1) is 11.3 Å². The number of rotatable bonds is 4. The Morgan fingerprint density at radius 1 is 1.27 bits per heavy atom. The van der Waals surface area contributed by atoms with Gasteiger partial charge >= 0.3 is 0 Å². The quantitative estimate of drug-likeness (QED) is 0.695. The predicted molar refractivity (Wildman–Crippen MR) is 92.3 cm³/mol. The topological polar surface area (TPSA) is 43.1 Å². The van der Waals surface area contributed by atoms with Crippen LogP contribution in [0.5, 0.6) is 0 Å². The average molecular weight is 310 g/mol. The molecule has 3 aromatic rings. The number of aryl methyl sites for hydroxylation is 2. The fourth-order valence-corrected chi connectivity index (χ4v) is 3.79. The lowest BCUT2D eigenvalue weighted by Gasteiger charge is -2.14. The molecule has 2 radical (unpaired) electrons. The molecule has 3 aromatic heterocycles. The van der Waals surface area contributed by atoms with E-state index in [1.54, 1.807) is 5.51 Å². The molecule has 6 heteroatoms. The number of hydrogen-bond donors (Lipinski definition) is 0. The molecule has 0 atom stereocenters. The summed E-state index contributed by atoms with van der Waals surface area (Å²) in [6, 6.07) is 2.17. The Hall–Kier alpha value is -1.69. The zero-order valence-corrected chi connectivity index (χ0v) is 14.2. The van der Waals surface area contributed by atoms with Gasteiger partial charge < -0.3 is 0 Å². The molecule has 4 nitrogen and oxygen atoms in total. The Bertz CT molecular complexity index is 817. The van der Waals surface area contributed by atoms with Gasteiger partial charge in [-0.1, -0.05) is 13.8 Å². The van der Waals surface area contributed by atoms with Crippen LogP contribution in [0, 0.1) is 13.8 Å². The molecule has 0 unspecified atom stereocenters. The van der Waals surface area contributed by atoms with Crippen LogP contribution in [0.25, 0.3) is 16.2 Å². The highest BCUT2D eigenvalue weighted by Crippen LogP contribution is 2.31. The molecule has 0 aliphatic rings. The fraction of sp³-hybridized carbons (Fsp3) is 0.438. The van der Waals surface area contributed by atoms with Crippen molar-refractivity contribution in [3.63, 3.8) is 0 Å². The fourth-order valence-electron chi connectivity index (χ4n) is 3.00. The van der Waals surface area contributed by atoms with Gasteiger partial charge in [-0.25, -0.2) is 9.50 Å². The first kappa shape index (κ1) is 15.2. The molecule has 0 saturated carbocycles. The summed E-state index contributed by atoms with van der Waals surface area (Å²) in [5.41, 5.74) is 7.43. The van der Waals surface area contributed by atoms with Crippen molar-refractivity contribution in [1.82, 2.24) is 19.6 Å². The van der Waals surface area contributed by atoms with Crippen LogP contribution in [0.3, 0.4) is 0 Å². The minimum Gasteiger partial charge on any atom is -0.261 e. The van der Waals surface area contributed by atoms with Crippen molar-refractivity contribution in [1.29, 1.82) is 0 Å². The monoisotopic (exact) mass is 310 g/mol. The molecule has 3 rings (SSSR count). The van der Waals surface area contributed by atoms with Gasteiger partial charge in [0.25, 0.3) is 0 Å². The maximum Gasteiger partial charge on any atom is 0.158 e. The molecule has 0 aromatic carbocycles. The Kier molecular flexibility index (Phi) is 4.04. The summed E-state index contributed by atoms with van der Waals surface area (Å²) in [7, 11) is 6.01. The van der Waals surface area contributed by atoms with Crippen molar-refractivity contribution < 1.29 is 0 Å². The van der Waals surface area contributed by atoms with Gasteiger partial charge in [-0.2, -0.15) is 5.10 Å². The van der Waals surface area contributed by atoms with Gasteiger partial charge in [-0.05, 0) is 38.7 Å². The number of hydrogen-bond acceptors (Lipinski definition) is 4. The Morgan fingerprint density at radius 3 is 2.59 bits per heavy atom. The van der Waals surface area contributed by atoms with Crippen molar-refractivity contribution in [2.24, 2.45) is 0 Å². The van der Waals surface area contributed by atoms with E-state index in [0.29, 0.717) is 11.5 Å². The van der Waals surface area contributed by atoms with Crippen molar-refractivity contribution >= 4 is 30.4 Å². The van der Waals surface area contributed by atoms with E-state index in [1.165, 1.54) is 16.9 Å². The van der Waals surface area contributed by atoms with E-state index >= 15 is 0 Å². The molecular weight excluding hydrogens is 291 g/mol. The summed E-state index contributed by atoms with van der Waals surface area (Å²) in [4.78, 5) is 9.90. The maximum atomic E-state index is 6.01. The van der Waals surface area contributed by atoms with Crippen LogP contribution in [0.15, 0.2) is 11.6 Å². The van der Waals surface area contributed by atoms with Crippen LogP contribution in [0.4, 0.5) is 0 Å². The van der Waals surface area contributed by atoms with E-state index in [9.17, 15) is 0 Å². The molecule has 3 heterocycles. The van der Waals surface area contributed by atoms with E-state index in [-0.39, 0.29) is 0 Å². The predicted octanol–water partition coefficient (Wildman–Crippen LogP) is 3.17. The molecule has 0 saturated heterocycles. The van der Waals surface area contributed by atoms with E-state index in [1.807, 2.05) is 18.4 Å². The number of aromatic nitrogens is 4. The van der Waals surface area contributed by atoms with Gasteiger partial charge in [0.2, 0.25) is 0 Å². The molecule has 0 N–H and O–H groups in total.